The van der Waals surface area contributed by atoms with E-state index in [9.17, 15) is 0 Å². The molecule has 1 aliphatic heterocycles. The number of guanidine groups is 1. The van der Waals surface area contributed by atoms with E-state index in [2.05, 4.69) is 49.5 Å². The third-order valence-electron chi connectivity index (χ3n) is 3.98. The van der Waals surface area contributed by atoms with Gasteiger partial charge < -0.3 is 15.5 Å². The van der Waals surface area contributed by atoms with Gasteiger partial charge in [-0.3, -0.25) is 4.99 Å². The van der Waals surface area contributed by atoms with Crippen LogP contribution in [0.5, 0.6) is 0 Å². The second kappa shape index (κ2) is 9.57. The van der Waals surface area contributed by atoms with Crippen molar-refractivity contribution >= 4 is 17.7 Å². The molecule has 0 bridgehead atoms. The van der Waals surface area contributed by atoms with Crippen molar-refractivity contribution in [2.75, 3.05) is 39.0 Å². The van der Waals surface area contributed by atoms with Crippen LogP contribution in [0.2, 0.25) is 0 Å². The molecule has 0 amide bonds. The van der Waals surface area contributed by atoms with E-state index in [4.69, 9.17) is 4.99 Å². The largest absolute Gasteiger partial charge is 0.357 e. The summed E-state index contributed by atoms with van der Waals surface area (Å²) in [5, 5.41) is 7.00. The minimum atomic E-state index is 0.201. The Morgan fingerprint density at radius 2 is 1.95 bits per heavy atom. The summed E-state index contributed by atoms with van der Waals surface area (Å²) in [7, 11) is 0. The molecule has 0 aliphatic carbocycles. The summed E-state index contributed by atoms with van der Waals surface area (Å²) in [6.07, 6.45) is 5.85. The molecule has 21 heavy (non-hydrogen) atoms. The smallest absolute Gasteiger partial charge is 0.191 e. The molecule has 1 heterocycles. The number of hydrogen-bond acceptors (Lipinski definition) is 3. The summed E-state index contributed by atoms with van der Waals surface area (Å²) in [6.45, 7) is 14.3. The van der Waals surface area contributed by atoms with Crippen LogP contribution in [0.25, 0.3) is 0 Å². The van der Waals surface area contributed by atoms with Gasteiger partial charge in [-0.1, -0.05) is 6.92 Å². The van der Waals surface area contributed by atoms with Gasteiger partial charge >= 0.3 is 0 Å². The first-order valence-corrected chi connectivity index (χ1v) is 9.55. The predicted octanol–water partition coefficient (Wildman–Crippen LogP) is 2.56. The maximum Gasteiger partial charge on any atom is 0.191 e. The molecule has 1 fully saturated rings. The summed E-state index contributed by atoms with van der Waals surface area (Å²) in [4.78, 5) is 7.33. The third kappa shape index (κ3) is 7.41. The van der Waals surface area contributed by atoms with Crippen molar-refractivity contribution in [3.05, 3.63) is 0 Å². The van der Waals surface area contributed by atoms with Gasteiger partial charge in [0.2, 0.25) is 0 Å². The number of hydrogen-bond donors (Lipinski definition) is 2. The number of thioether (sulfide) groups is 1. The van der Waals surface area contributed by atoms with E-state index < -0.39 is 0 Å². The molecule has 1 aliphatic rings. The second-order valence-corrected chi connectivity index (χ2v) is 7.93. The van der Waals surface area contributed by atoms with Gasteiger partial charge in [0, 0.05) is 30.4 Å². The first-order valence-electron chi connectivity index (χ1n) is 8.33. The van der Waals surface area contributed by atoms with Crippen molar-refractivity contribution in [2.24, 2.45) is 4.99 Å². The Balaban J connectivity index is 2.46. The van der Waals surface area contributed by atoms with Gasteiger partial charge in [0.1, 0.15) is 0 Å². The van der Waals surface area contributed by atoms with Crippen LogP contribution in [-0.2, 0) is 0 Å². The molecule has 0 aromatic carbocycles. The van der Waals surface area contributed by atoms with Gasteiger partial charge in [0.15, 0.2) is 5.96 Å². The van der Waals surface area contributed by atoms with Crippen LogP contribution in [0.1, 0.15) is 47.0 Å². The third-order valence-corrected chi connectivity index (χ3v) is 5.22. The topological polar surface area (TPSA) is 39.7 Å². The zero-order chi connectivity index (χ0) is 15.7. The molecular formula is C16H34N4S. The number of piperidine rings is 1. The Kier molecular flexibility index (Phi) is 8.49. The summed E-state index contributed by atoms with van der Waals surface area (Å²) < 4.78 is 0.201. The van der Waals surface area contributed by atoms with E-state index in [-0.39, 0.29) is 4.75 Å². The number of aliphatic imine (C=N–C) groups is 1. The summed E-state index contributed by atoms with van der Waals surface area (Å²) >= 11 is 1.87. The average molecular weight is 315 g/mol. The van der Waals surface area contributed by atoms with Gasteiger partial charge in [0.25, 0.3) is 0 Å². The monoisotopic (exact) mass is 314 g/mol. The number of nitrogens with one attached hydrogen (secondary N) is 2. The molecule has 0 saturated carbocycles. The van der Waals surface area contributed by atoms with Gasteiger partial charge in [0.05, 0.1) is 6.54 Å². The van der Waals surface area contributed by atoms with Crippen LogP contribution >= 0.6 is 11.8 Å². The summed E-state index contributed by atoms with van der Waals surface area (Å²) in [5.41, 5.74) is 0. The normalized spacial score (nSPS) is 18.8. The fourth-order valence-corrected chi connectivity index (χ4v) is 2.66. The lowest BCUT2D eigenvalue weighted by Crippen LogP contribution is -2.49. The number of rotatable bonds is 7. The van der Waals surface area contributed by atoms with Crippen LogP contribution in [0.15, 0.2) is 4.99 Å². The highest BCUT2D eigenvalue weighted by atomic mass is 32.2. The van der Waals surface area contributed by atoms with E-state index in [0.29, 0.717) is 6.04 Å². The average Bonchev–Trinajstić information content (AvgIpc) is 2.47. The van der Waals surface area contributed by atoms with Crippen LogP contribution in [-0.4, -0.2) is 60.6 Å². The molecule has 2 N–H and O–H groups in total. The van der Waals surface area contributed by atoms with Crippen LogP contribution < -0.4 is 10.6 Å². The number of likely N-dealkylation sites (tertiary alicyclic amines) is 1. The lowest BCUT2D eigenvalue weighted by Gasteiger charge is -2.33. The summed E-state index contributed by atoms with van der Waals surface area (Å²) in [6, 6.07) is 0.563. The van der Waals surface area contributed by atoms with Gasteiger partial charge in [-0.2, -0.15) is 11.8 Å². The maximum atomic E-state index is 4.77. The molecule has 0 spiro atoms. The molecule has 0 atom stereocenters. The highest BCUT2D eigenvalue weighted by Gasteiger charge is 2.20. The molecule has 4 nitrogen and oxygen atoms in total. The van der Waals surface area contributed by atoms with E-state index in [1.165, 1.54) is 38.9 Å². The molecular weight excluding hydrogens is 280 g/mol. The van der Waals surface area contributed by atoms with Gasteiger partial charge in [-0.05, 0) is 52.8 Å². The highest BCUT2D eigenvalue weighted by Crippen LogP contribution is 2.21. The Morgan fingerprint density at radius 3 is 2.48 bits per heavy atom. The Hall–Kier alpha value is -0.420. The molecule has 0 aromatic heterocycles. The molecule has 0 radical (unpaired) electrons. The highest BCUT2D eigenvalue weighted by molar-refractivity contribution is 7.99. The first-order chi connectivity index (χ1) is 10.0. The van der Waals surface area contributed by atoms with Gasteiger partial charge in [-0.15, -0.1) is 0 Å². The first kappa shape index (κ1) is 18.6. The van der Waals surface area contributed by atoms with Crippen molar-refractivity contribution < 1.29 is 0 Å². The standard InChI is InChI=1S/C16H34N4S/c1-6-10-20-11-8-14(9-12-20)19-15(17-7-2)18-13-16(3,4)21-5/h14H,6-13H2,1-5H3,(H2,17,18,19). The Labute approximate surface area is 135 Å². The molecule has 5 heteroatoms. The Morgan fingerprint density at radius 1 is 1.29 bits per heavy atom. The van der Waals surface area contributed by atoms with Gasteiger partial charge in [-0.25, -0.2) is 0 Å². The number of nitrogens with zero attached hydrogens (tertiary/aromatic N) is 2. The zero-order valence-electron chi connectivity index (χ0n) is 14.5. The molecule has 0 aromatic rings. The van der Waals surface area contributed by atoms with Crippen molar-refractivity contribution in [2.45, 2.75) is 57.7 Å². The SMILES string of the molecule is CCCN1CCC(NC(=NCC(C)(C)SC)NCC)CC1. The van der Waals surface area contributed by atoms with Crippen molar-refractivity contribution in [1.82, 2.24) is 15.5 Å². The van der Waals surface area contributed by atoms with Crippen molar-refractivity contribution in [3.63, 3.8) is 0 Å². The minimum absolute atomic E-state index is 0.201. The fraction of sp³-hybridized carbons (Fsp3) is 0.938. The quantitative estimate of drug-likeness (QED) is 0.560. The molecule has 1 saturated heterocycles. The molecule has 0 unspecified atom stereocenters. The van der Waals surface area contributed by atoms with Crippen molar-refractivity contribution in [1.29, 1.82) is 0 Å². The molecule has 124 valence electrons. The Bertz CT molecular complexity index is 309. The van der Waals surface area contributed by atoms with Crippen LogP contribution in [0, 0.1) is 0 Å². The summed E-state index contributed by atoms with van der Waals surface area (Å²) in [5.74, 6) is 0.980. The zero-order valence-corrected chi connectivity index (χ0v) is 15.4. The predicted molar refractivity (Wildman–Crippen MR) is 96.5 cm³/mol. The maximum absolute atomic E-state index is 4.77. The van der Waals surface area contributed by atoms with E-state index in [1.54, 1.807) is 0 Å². The second-order valence-electron chi connectivity index (χ2n) is 6.42. The van der Waals surface area contributed by atoms with E-state index in [0.717, 1.165) is 19.0 Å². The minimum Gasteiger partial charge on any atom is -0.357 e. The lowest BCUT2D eigenvalue weighted by atomic mass is 10.1. The van der Waals surface area contributed by atoms with Crippen LogP contribution in [0.3, 0.4) is 0 Å². The van der Waals surface area contributed by atoms with E-state index in [1.807, 2.05) is 11.8 Å². The van der Waals surface area contributed by atoms with Crippen LogP contribution in [0.4, 0.5) is 0 Å². The lowest BCUT2D eigenvalue weighted by molar-refractivity contribution is 0.206. The molecule has 1 rings (SSSR count). The fourth-order valence-electron chi connectivity index (χ4n) is 2.46. The van der Waals surface area contributed by atoms with Crippen molar-refractivity contribution in [3.8, 4) is 0 Å². The van der Waals surface area contributed by atoms with E-state index >= 15 is 0 Å².